The monoisotopic (exact) mass is 676 g/mol. The minimum Gasteiger partial charge on any atom is -0.309 e. The van der Waals surface area contributed by atoms with Crippen molar-refractivity contribution in [1.82, 2.24) is 9.13 Å². The molecule has 0 spiro atoms. The molecule has 0 aliphatic heterocycles. The molecule has 0 radical (unpaired) electrons. The summed E-state index contributed by atoms with van der Waals surface area (Å²) in [6.07, 6.45) is 0.978. The Hall–Kier alpha value is -5.08. The van der Waals surface area contributed by atoms with Crippen LogP contribution in [-0.4, -0.2) is 9.13 Å². The van der Waals surface area contributed by atoms with Crippen LogP contribution < -0.4 is 0 Å². The summed E-state index contributed by atoms with van der Waals surface area (Å²) in [4.78, 5) is 0. The number of nitrogens with zero attached hydrogens (tertiary/aromatic N) is 2. The van der Waals surface area contributed by atoms with Crippen molar-refractivity contribution in [3.8, 4) is 22.5 Å². The largest absolute Gasteiger partial charge is 0.309 e. The van der Waals surface area contributed by atoms with Gasteiger partial charge in [-0.3, -0.25) is 0 Å². The maximum absolute atomic E-state index is 2.42. The van der Waals surface area contributed by atoms with Crippen LogP contribution in [0.15, 0.2) is 133 Å². The summed E-state index contributed by atoms with van der Waals surface area (Å²) in [6, 6.07) is 49.0. The zero-order valence-corrected chi connectivity index (χ0v) is 33.3. The van der Waals surface area contributed by atoms with Crippen molar-refractivity contribution in [2.75, 3.05) is 0 Å². The first-order chi connectivity index (χ1) is 25.3. The normalized spacial score (nSPS) is 10.3. The molecule has 8 aromatic rings. The molecule has 0 saturated carbocycles. The van der Waals surface area contributed by atoms with Gasteiger partial charge in [-0.2, -0.15) is 0 Å². The molecule has 1 aliphatic carbocycles. The number of benzene rings is 6. The van der Waals surface area contributed by atoms with Crippen molar-refractivity contribution in [1.29, 1.82) is 0 Å². The molecule has 266 valence electrons. The van der Waals surface area contributed by atoms with Gasteiger partial charge in [0, 0.05) is 32.9 Å². The highest BCUT2D eigenvalue weighted by molar-refractivity contribution is 6.10. The van der Waals surface area contributed by atoms with Gasteiger partial charge in [0.1, 0.15) is 0 Å². The van der Waals surface area contributed by atoms with E-state index < -0.39 is 0 Å². The fraction of sp³-hybridized carbons (Fsp3) is 0.265. The number of rotatable bonds is 2. The van der Waals surface area contributed by atoms with E-state index in [1.165, 1.54) is 77.2 Å². The first-order valence-corrected chi connectivity index (χ1v) is 19.6. The predicted molar refractivity (Wildman–Crippen MR) is 231 cm³/mol. The highest BCUT2D eigenvalue weighted by atomic mass is 15.0. The summed E-state index contributed by atoms with van der Waals surface area (Å²) in [5, 5.41) is 5.18. The molecule has 0 fully saturated rings. The van der Waals surface area contributed by atoms with Crippen molar-refractivity contribution in [3.63, 3.8) is 0 Å². The predicted octanol–water partition coefficient (Wildman–Crippen LogP) is 15.6. The zero-order chi connectivity index (χ0) is 37.5. The Morgan fingerprint density at radius 1 is 0.314 bits per heavy atom. The van der Waals surface area contributed by atoms with E-state index >= 15 is 0 Å². The third kappa shape index (κ3) is 7.52. The summed E-state index contributed by atoms with van der Waals surface area (Å²) < 4.78 is 4.83. The van der Waals surface area contributed by atoms with Crippen LogP contribution in [0.1, 0.15) is 94.2 Å². The number of hydrogen-bond acceptors (Lipinski definition) is 0. The summed E-state index contributed by atoms with van der Waals surface area (Å²) in [6.45, 7) is 24.0. The Balaban J connectivity index is 0.000000535. The molecule has 0 amide bonds. The maximum atomic E-state index is 2.42. The van der Waals surface area contributed by atoms with Crippen LogP contribution >= 0.6 is 0 Å². The second kappa shape index (κ2) is 19.9. The molecule has 0 unspecified atom stereocenters. The smallest absolute Gasteiger partial charge is 0.0541 e. The van der Waals surface area contributed by atoms with Crippen molar-refractivity contribution in [2.45, 2.75) is 89.5 Å². The van der Waals surface area contributed by atoms with Crippen LogP contribution in [0, 0.1) is 0 Å². The van der Waals surface area contributed by atoms with Gasteiger partial charge in [0.2, 0.25) is 0 Å². The molecule has 0 atom stereocenters. The van der Waals surface area contributed by atoms with Gasteiger partial charge in [-0.15, -0.1) is 0 Å². The van der Waals surface area contributed by atoms with Gasteiger partial charge in [-0.25, -0.2) is 0 Å². The van der Waals surface area contributed by atoms with Crippen molar-refractivity contribution < 1.29 is 0 Å². The molecule has 0 saturated heterocycles. The van der Waals surface area contributed by atoms with Crippen LogP contribution in [-0.2, 0) is 6.42 Å². The lowest BCUT2D eigenvalue weighted by atomic mass is 10.0. The first kappa shape index (κ1) is 40.4. The Kier molecular flexibility index (Phi) is 15.8. The van der Waals surface area contributed by atoms with Crippen molar-refractivity contribution in [2.24, 2.45) is 0 Å². The molecule has 2 heteroatoms. The highest BCUT2D eigenvalue weighted by Gasteiger charge is 2.22. The van der Waals surface area contributed by atoms with Crippen LogP contribution in [0.4, 0.5) is 0 Å². The Morgan fingerprint density at radius 2 is 0.569 bits per heavy atom. The highest BCUT2D eigenvalue weighted by Crippen LogP contribution is 2.42. The van der Waals surface area contributed by atoms with Crippen LogP contribution in [0.25, 0.3) is 66.1 Å². The lowest BCUT2D eigenvalue weighted by Gasteiger charge is -2.12. The van der Waals surface area contributed by atoms with Gasteiger partial charge in [0.05, 0.1) is 22.1 Å². The van der Waals surface area contributed by atoms with Crippen molar-refractivity contribution >= 4 is 43.6 Å². The van der Waals surface area contributed by atoms with E-state index in [1.807, 2.05) is 83.1 Å². The standard InChI is InChI=1S/C37H24N2.6C2H6/c1-5-13-34-28(9-1)29-10-2-6-14-35(29)38(34)26-19-17-24-21-25-18-20-27(23-33(25)32(24)22-26)39-36-15-7-3-11-30(36)31-12-4-8-16-37(31)39;6*1-2/h1-20,22-23H,21H2;6*1-2H3. The average molecular weight is 677 g/mol. The molecule has 2 aromatic heterocycles. The van der Waals surface area contributed by atoms with E-state index in [4.69, 9.17) is 0 Å². The average Bonchev–Trinajstić information content (AvgIpc) is 3.89. The van der Waals surface area contributed by atoms with Gasteiger partial charge in [0.15, 0.2) is 0 Å². The zero-order valence-electron chi connectivity index (χ0n) is 33.3. The first-order valence-electron chi connectivity index (χ1n) is 19.6. The summed E-state index contributed by atoms with van der Waals surface area (Å²) in [7, 11) is 0. The molecule has 1 aliphatic rings. The number of aromatic nitrogens is 2. The lowest BCUT2D eigenvalue weighted by molar-refractivity contribution is 1.17. The maximum Gasteiger partial charge on any atom is 0.0541 e. The molecule has 2 heterocycles. The van der Waals surface area contributed by atoms with E-state index in [2.05, 4.69) is 143 Å². The minimum atomic E-state index is 0.978. The van der Waals surface area contributed by atoms with Gasteiger partial charge < -0.3 is 9.13 Å². The van der Waals surface area contributed by atoms with Gasteiger partial charge in [-0.05, 0) is 77.2 Å². The molecule has 2 nitrogen and oxygen atoms in total. The molecule has 51 heavy (non-hydrogen) atoms. The van der Waals surface area contributed by atoms with Gasteiger partial charge >= 0.3 is 0 Å². The third-order valence-corrected chi connectivity index (χ3v) is 8.53. The number of para-hydroxylation sites is 4. The number of hydrogen-bond donors (Lipinski definition) is 0. The van der Waals surface area contributed by atoms with Crippen LogP contribution in [0.3, 0.4) is 0 Å². The van der Waals surface area contributed by atoms with E-state index in [9.17, 15) is 0 Å². The van der Waals surface area contributed by atoms with Gasteiger partial charge in [0.25, 0.3) is 0 Å². The quantitative estimate of drug-likeness (QED) is 0.172. The molecule has 6 aromatic carbocycles. The molecular weight excluding hydrogens is 617 g/mol. The Labute approximate surface area is 308 Å². The fourth-order valence-corrected chi connectivity index (χ4v) is 6.82. The van der Waals surface area contributed by atoms with E-state index in [0.29, 0.717) is 0 Å². The van der Waals surface area contributed by atoms with E-state index in [0.717, 1.165) is 6.42 Å². The van der Waals surface area contributed by atoms with E-state index in [-0.39, 0.29) is 0 Å². The SMILES string of the molecule is CC.CC.CC.CC.CC.CC.c1ccc2c(c1)c1ccccc1n2-c1ccc2c(c1)-c1cc(-n3c4ccccc4c4ccccc43)ccc1C2. The summed E-state index contributed by atoms with van der Waals surface area (Å²) in [5.74, 6) is 0. The number of fused-ring (bicyclic) bond motifs is 9. The van der Waals surface area contributed by atoms with E-state index in [1.54, 1.807) is 0 Å². The fourth-order valence-electron chi connectivity index (χ4n) is 6.82. The molecule has 0 bridgehead atoms. The summed E-state index contributed by atoms with van der Waals surface area (Å²) in [5.41, 5.74) is 12.9. The molecule has 0 N–H and O–H groups in total. The molecule has 9 rings (SSSR count). The lowest BCUT2D eigenvalue weighted by Crippen LogP contribution is -1.96. The summed E-state index contributed by atoms with van der Waals surface area (Å²) >= 11 is 0. The van der Waals surface area contributed by atoms with Crippen LogP contribution in [0.5, 0.6) is 0 Å². The van der Waals surface area contributed by atoms with Crippen molar-refractivity contribution in [3.05, 3.63) is 145 Å². The minimum absolute atomic E-state index is 0.978. The Bertz CT molecular complexity index is 1990. The van der Waals surface area contributed by atoms with Crippen LogP contribution in [0.2, 0.25) is 0 Å². The second-order valence-corrected chi connectivity index (χ2v) is 10.6. The molecular formula is C49H60N2. The Morgan fingerprint density at radius 3 is 0.843 bits per heavy atom. The van der Waals surface area contributed by atoms with Gasteiger partial charge in [-0.1, -0.05) is 168 Å². The topological polar surface area (TPSA) is 9.86 Å². The third-order valence-electron chi connectivity index (χ3n) is 8.53. The second-order valence-electron chi connectivity index (χ2n) is 10.6.